The minimum atomic E-state index is -3.68. The molecule has 3 heterocycles. The highest BCUT2D eigenvalue weighted by atomic mass is 32.2. The third-order valence-electron chi connectivity index (χ3n) is 5.42. The first-order chi connectivity index (χ1) is 13.7. The highest BCUT2D eigenvalue weighted by Crippen LogP contribution is 2.31. The minimum absolute atomic E-state index is 0.0204. The van der Waals surface area contributed by atoms with Gasteiger partial charge < -0.3 is 10.3 Å². The molecule has 0 radical (unpaired) electrons. The van der Waals surface area contributed by atoms with Gasteiger partial charge in [-0.05, 0) is 24.5 Å². The lowest BCUT2D eigenvalue weighted by atomic mass is 9.99. The number of nitrogens with one attached hydrogen (secondary N) is 2. The zero-order chi connectivity index (χ0) is 20.8. The summed E-state index contributed by atoms with van der Waals surface area (Å²) in [5, 5.41) is 2.72. The fraction of sp³-hybridized carbons (Fsp3) is 0.421. The predicted octanol–water partition coefficient (Wildman–Crippen LogP) is 1.08. The second-order valence-electron chi connectivity index (χ2n) is 7.46. The highest BCUT2D eigenvalue weighted by molar-refractivity contribution is 7.90. The molecule has 0 spiro atoms. The zero-order valence-corrected chi connectivity index (χ0v) is 17.7. The Morgan fingerprint density at radius 2 is 1.76 bits per heavy atom. The number of carbonyl (C=O) groups excluding carboxylic acids is 1. The summed E-state index contributed by atoms with van der Waals surface area (Å²) in [5.41, 5.74) is 1.68. The molecule has 0 saturated carbocycles. The summed E-state index contributed by atoms with van der Waals surface area (Å²) in [6, 6.07) is 6.60. The Labute approximate surface area is 170 Å². The van der Waals surface area contributed by atoms with Crippen LogP contribution in [0.3, 0.4) is 0 Å². The monoisotopic (exact) mass is 437 g/mol. The van der Waals surface area contributed by atoms with Crippen molar-refractivity contribution in [3.05, 3.63) is 46.6 Å². The smallest absolute Gasteiger partial charge is 0.253 e. The minimum Gasteiger partial charge on any atom is -0.352 e. The molecule has 0 atom stereocenters. The van der Waals surface area contributed by atoms with E-state index in [1.54, 1.807) is 24.3 Å². The van der Waals surface area contributed by atoms with Crippen molar-refractivity contribution >= 4 is 25.8 Å². The predicted molar refractivity (Wildman–Crippen MR) is 107 cm³/mol. The van der Waals surface area contributed by atoms with Gasteiger partial charge in [-0.25, -0.2) is 16.8 Å². The van der Waals surface area contributed by atoms with Crippen molar-refractivity contribution in [2.24, 2.45) is 0 Å². The number of hydrogen-bond donors (Lipinski definition) is 2. The van der Waals surface area contributed by atoms with Crippen molar-refractivity contribution in [1.29, 1.82) is 0 Å². The second kappa shape index (κ2) is 7.26. The molecule has 2 aliphatic rings. The van der Waals surface area contributed by atoms with Crippen LogP contribution in [-0.4, -0.2) is 57.9 Å². The number of sulfonamides is 1. The van der Waals surface area contributed by atoms with Gasteiger partial charge in [0.2, 0.25) is 10.0 Å². The third kappa shape index (κ3) is 3.60. The first-order valence-corrected chi connectivity index (χ1v) is 12.8. The SMILES string of the molecule is CS(=O)(=O)c1[nH]c2c(c1Cc1ccccc1S(=O)(=O)N1CCCC1)C(=O)NCC2. The van der Waals surface area contributed by atoms with Gasteiger partial charge in [0.1, 0.15) is 5.03 Å². The lowest BCUT2D eigenvalue weighted by Crippen LogP contribution is -2.32. The maximum Gasteiger partial charge on any atom is 0.253 e. The second-order valence-corrected chi connectivity index (χ2v) is 11.3. The molecule has 156 valence electrons. The Morgan fingerprint density at radius 1 is 1.07 bits per heavy atom. The molecule has 1 aromatic carbocycles. The summed E-state index contributed by atoms with van der Waals surface area (Å²) in [5.74, 6) is -0.340. The van der Waals surface area contributed by atoms with Gasteiger partial charge in [0, 0.05) is 50.0 Å². The maximum atomic E-state index is 13.1. The number of sulfone groups is 1. The van der Waals surface area contributed by atoms with Crippen LogP contribution < -0.4 is 5.32 Å². The van der Waals surface area contributed by atoms with Crippen LogP contribution >= 0.6 is 0 Å². The highest BCUT2D eigenvalue weighted by Gasteiger charge is 2.33. The van der Waals surface area contributed by atoms with E-state index < -0.39 is 19.9 Å². The molecule has 0 bridgehead atoms. The Morgan fingerprint density at radius 3 is 2.45 bits per heavy atom. The topological polar surface area (TPSA) is 116 Å². The first-order valence-electron chi connectivity index (χ1n) is 9.49. The van der Waals surface area contributed by atoms with Crippen molar-refractivity contribution < 1.29 is 21.6 Å². The average Bonchev–Trinajstić information content (AvgIpc) is 3.31. The molecule has 1 aromatic heterocycles. The number of rotatable bonds is 5. The van der Waals surface area contributed by atoms with Gasteiger partial charge in [-0.15, -0.1) is 0 Å². The van der Waals surface area contributed by atoms with Crippen LogP contribution in [0.15, 0.2) is 34.2 Å². The van der Waals surface area contributed by atoms with E-state index in [-0.39, 0.29) is 22.2 Å². The molecule has 2 aromatic rings. The average molecular weight is 438 g/mol. The Balaban J connectivity index is 1.84. The molecule has 1 amide bonds. The molecule has 29 heavy (non-hydrogen) atoms. The molecule has 1 fully saturated rings. The van der Waals surface area contributed by atoms with Crippen molar-refractivity contribution in [3.63, 3.8) is 0 Å². The van der Waals surface area contributed by atoms with Gasteiger partial charge in [-0.3, -0.25) is 4.79 Å². The number of amides is 1. The molecule has 10 heteroatoms. The van der Waals surface area contributed by atoms with Gasteiger partial charge in [0.25, 0.3) is 5.91 Å². The van der Waals surface area contributed by atoms with Crippen LogP contribution in [0.1, 0.15) is 40.0 Å². The summed E-state index contributed by atoms with van der Waals surface area (Å²) < 4.78 is 52.5. The van der Waals surface area contributed by atoms with Gasteiger partial charge in [-0.1, -0.05) is 18.2 Å². The van der Waals surface area contributed by atoms with Crippen LogP contribution in [0.5, 0.6) is 0 Å². The number of H-pyrrole nitrogens is 1. The Kier molecular flexibility index (Phi) is 5.04. The van der Waals surface area contributed by atoms with E-state index in [1.807, 2.05) is 0 Å². The maximum absolute atomic E-state index is 13.1. The number of hydrogen-bond acceptors (Lipinski definition) is 5. The molecule has 2 aliphatic heterocycles. The number of aromatic nitrogens is 1. The molecule has 2 N–H and O–H groups in total. The largest absolute Gasteiger partial charge is 0.352 e. The van der Waals surface area contributed by atoms with Gasteiger partial charge in [0.15, 0.2) is 9.84 Å². The van der Waals surface area contributed by atoms with E-state index in [0.29, 0.717) is 48.4 Å². The zero-order valence-electron chi connectivity index (χ0n) is 16.1. The Bertz CT molecular complexity index is 1180. The van der Waals surface area contributed by atoms with Gasteiger partial charge >= 0.3 is 0 Å². The molecular formula is C19H23N3O5S2. The molecule has 1 saturated heterocycles. The fourth-order valence-corrected chi connectivity index (χ4v) is 6.74. The number of benzene rings is 1. The third-order valence-corrected chi connectivity index (χ3v) is 8.51. The van der Waals surface area contributed by atoms with E-state index in [4.69, 9.17) is 0 Å². The van der Waals surface area contributed by atoms with E-state index in [1.165, 1.54) is 4.31 Å². The Hall–Kier alpha value is -2.17. The molecular weight excluding hydrogens is 414 g/mol. The van der Waals surface area contributed by atoms with Crippen LogP contribution in [0, 0.1) is 0 Å². The molecule has 8 nitrogen and oxygen atoms in total. The van der Waals surface area contributed by atoms with Crippen molar-refractivity contribution in [2.75, 3.05) is 25.9 Å². The van der Waals surface area contributed by atoms with E-state index in [0.717, 1.165) is 19.1 Å². The van der Waals surface area contributed by atoms with Crippen LogP contribution in [-0.2, 0) is 32.7 Å². The molecule has 0 unspecified atom stereocenters. The quantitative estimate of drug-likeness (QED) is 0.726. The number of nitrogens with zero attached hydrogens (tertiary/aromatic N) is 1. The van der Waals surface area contributed by atoms with Crippen molar-refractivity contribution in [1.82, 2.24) is 14.6 Å². The standard InChI is InChI=1S/C19H23N3O5S2/c1-28(24,25)19-14(17-15(21-19)8-9-20-18(17)23)12-13-6-2-3-7-16(13)29(26,27)22-10-4-5-11-22/h2-3,6-7,21H,4-5,8-12H2,1H3,(H,20,23). The molecule has 0 aliphatic carbocycles. The van der Waals surface area contributed by atoms with Crippen LogP contribution in [0.4, 0.5) is 0 Å². The van der Waals surface area contributed by atoms with Gasteiger partial charge in [-0.2, -0.15) is 4.31 Å². The lowest BCUT2D eigenvalue weighted by Gasteiger charge is -2.19. The van der Waals surface area contributed by atoms with Crippen LogP contribution in [0.25, 0.3) is 0 Å². The normalized spacial score (nSPS) is 17.9. The van der Waals surface area contributed by atoms with Crippen molar-refractivity contribution in [3.8, 4) is 0 Å². The first kappa shape index (κ1) is 20.1. The summed E-state index contributed by atoms with van der Waals surface area (Å²) in [7, 11) is -7.31. The summed E-state index contributed by atoms with van der Waals surface area (Å²) in [4.78, 5) is 15.5. The van der Waals surface area contributed by atoms with E-state index in [9.17, 15) is 21.6 Å². The van der Waals surface area contributed by atoms with Crippen LogP contribution in [0.2, 0.25) is 0 Å². The van der Waals surface area contributed by atoms with Crippen molar-refractivity contribution in [2.45, 2.75) is 35.6 Å². The number of carbonyl (C=O) groups is 1. The van der Waals surface area contributed by atoms with E-state index >= 15 is 0 Å². The number of aromatic amines is 1. The van der Waals surface area contributed by atoms with E-state index in [2.05, 4.69) is 10.3 Å². The summed E-state index contributed by atoms with van der Waals surface area (Å²) in [6.07, 6.45) is 3.26. The fourth-order valence-electron chi connectivity index (χ4n) is 4.07. The van der Waals surface area contributed by atoms with Gasteiger partial charge in [0.05, 0.1) is 10.5 Å². The summed E-state index contributed by atoms with van der Waals surface area (Å²) >= 11 is 0. The lowest BCUT2D eigenvalue weighted by molar-refractivity contribution is 0.0945. The summed E-state index contributed by atoms with van der Waals surface area (Å²) in [6.45, 7) is 1.38. The number of fused-ring (bicyclic) bond motifs is 1. The molecule has 4 rings (SSSR count).